The summed E-state index contributed by atoms with van der Waals surface area (Å²) in [6, 6.07) is 27.0. The molecule has 1 aliphatic heterocycles. The summed E-state index contributed by atoms with van der Waals surface area (Å²) in [4.78, 5) is 6.90. The first-order chi connectivity index (χ1) is 17.2. The van der Waals surface area contributed by atoms with E-state index < -0.39 is 0 Å². The molecule has 5 rings (SSSR count). The van der Waals surface area contributed by atoms with E-state index in [4.69, 9.17) is 16.9 Å². The third-order valence-electron chi connectivity index (χ3n) is 6.68. The number of imidazole rings is 1. The van der Waals surface area contributed by atoms with E-state index in [0.29, 0.717) is 5.56 Å². The summed E-state index contributed by atoms with van der Waals surface area (Å²) in [5.41, 5.74) is 6.89. The van der Waals surface area contributed by atoms with Gasteiger partial charge < -0.3 is 9.88 Å². The number of nitriles is 1. The second-order valence-electron chi connectivity index (χ2n) is 9.03. The zero-order chi connectivity index (χ0) is 24.0. The molecule has 1 atom stereocenters. The fraction of sp³-hybridized carbons (Fsp3) is 0.241. The van der Waals surface area contributed by atoms with Gasteiger partial charge >= 0.3 is 0 Å². The summed E-state index contributed by atoms with van der Waals surface area (Å²) in [6.45, 7) is 4.18. The Morgan fingerprint density at radius 2 is 1.80 bits per heavy atom. The predicted molar refractivity (Wildman–Crippen MR) is 139 cm³/mol. The maximum absolute atomic E-state index is 9.04. The Bertz CT molecular complexity index is 1320. The molecular formula is C29H28ClN5. The molecule has 6 heteroatoms. The van der Waals surface area contributed by atoms with Crippen LogP contribution in [-0.4, -0.2) is 27.5 Å². The van der Waals surface area contributed by atoms with Gasteiger partial charge in [0.2, 0.25) is 0 Å². The standard InChI is InChI=1S/C29H28ClN5/c30-28-8-4-2-6-25(28)19-34-14-13-24-5-1-3-7-27(24)29(20-34)33-17-26-16-32-21-35(26)18-23-11-9-22(15-31)10-12-23/h1-12,16,21,29,33H,13-14,17-20H2. The first-order valence-corrected chi connectivity index (χ1v) is 12.3. The van der Waals surface area contributed by atoms with Crippen molar-refractivity contribution in [3.63, 3.8) is 0 Å². The van der Waals surface area contributed by atoms with E-state index in [9.17, 15) is 0 Å². The van der Waals surface area contributed by atoms with E-state index in [1.807, 2.05) is 48.9 Å². The molecule has 1 aliphatic rings. The molecule has 0 aliphatic carbocycles. The van der Waals surface area contributed by atoms with Crippen LogP contribution in [0.25, 0.3) is 0 Å². The third kappa shape index (κ3) is 5.63. The lowest BCUT2D eigenvalue weighted by Gasteiger charge is -2.26. The fourth-order valence-electron chi connectivity index (χ4n) is 4.76. The molecule has 0 saturated heterocycles. The number of halogens is 1. The van der Waals surface area contributed by atoms with Gasteiger partial charge in [-0.05, 0) is 46.9 Å². The minimum Gasteiger partial charge on any atom is -0.329 e. The number of nitrogens with zero attached hydrogens (tertiary/aromatic N) is 4. The van der Waals surface area contributed by atoms with Crippen LogP contribution in [0.2, 0.25) is 5.02 Å². The summed E-state index contributed by atoms with van der Waals surface area (Å²) in [6.07, 6.45) is 4.83. The van der Waals surface area contributed by atoms with Gasteiger partial charge in [0.15, 0.2) is 0 Å². The smallest absolute Gasteiger partial charge is 0.0991 e. The molecule has 0 fully saturated rings. The fourth-order valence-corrected chi connectivity index (χ4v) is 4.96. The number of rotatable bonds is 7. The number of benzene rings is 3. The number of hydrogen-bond acceptors (Lipinski definition) is 4. The monoisotopic (exact) mass is 481 g/mol. The van der Waals surface area contributed by atoms with Crippen LogP contribution < -0.4 is 5.32 Å². The summed E-state index contributed by atoms with van der Waals surface area (Å²) in [7, 11) is 0. The van der Waals surface area contributed by atoms with E-state index >= 15 is 0 Å². The Morgan fingerprint density at radius 3 is 2.63 bits per heavy atom. The lowest BCUT2D eigenvalue weighted by molar-refractivity contribution is 0.245. The van der Waals surface area contributed by atoms with Crippen molar-refractivity contribution in [1.29, 1.82) is 5.26 Å². The molecule has 0 spiro atoms. The van der Waals surface area contributed by atoms with Crippen LogP contribution in [-0.2, 0) is 26.1 Å². The Labute approximate surface area is 211 Å². The molecule has 5 nitrogen and oxygen atoms in total. The van der Waals surface area contributed by atoms with Crippen LogP contribution in [0.5, 0.6) is 0 Å². The highest BCUT2D eigenvalue weighted by atomic mass is 35.5. The van der Waals surface area contributed by atoms with E-state index in [2.05, 4.69) is 62.2 Å². The first-order valence-electron chi connectivity index (χ1n) is 11.9. The molecule has 1 N–H and O–H groups in total. The van der Waals surface area contributed by atoms with Crippen molar-refractivity contribution in [3.8, 4) is 6.07 Å². The van der Waals surface area contributed by atoms with Crippen LogP contribution in [0, 0.1) is 11.3 Å². The van der Waals surface area contributed by atoms with Crippen LogP contribution in [0.4, 0.5) is 0 Å². The zero-order valence-corrected chi connectivity index (χ0v) is 20.3. The average Bonchev–Trinajstić information content (AvgIpc) is 3.25. The molecule has 3 aromatic carbocycles. The molecule has 0 radical (unpaired) electrons. The highest BCUT2D eigenvalue weighted by Crippen LogP contribution is 2.26. The van der Waals surface area contributed by atoms with Crippen molar-refractivity contribution >= 4 is 11.6 Å². The lowest BCUT2D eigenvalue weighted by atomic mass is 9.99. The van der Waals surface area contributed by atoms with Gasteiger partial charge in [0.1, 0.15) is 0 Å². The Kier molecular flexibility index (Phi) is 7.25. The Morgan fingerprint density at radius 1 is 1.00 bits per heavy atom. The molecule has 35 heavy (non-hydrogen) atoms. The second kappa shape index (κ2) is 10.9. The van der Waals surface area contributed by atoms with Gasteiger partial charge in [-0.15, -0.1) is 0 Å². The molecule has 176 valence electrons. The highest BCUT2D eigenvalue weighted by Gasteiger charge is 2.23. The van der Waals surface area contributed by atoms with E-state index in [1.165, 1.54) is 16.7 Å². The van der Waals surface area contributed by atoms with E-state index in [1.54, 1.807) is 0 Å². The van der Waals surface area contributed by atoms with Crippen molar-refractivity contribution < 1.29 is 0 Å². The Balaban J connectivity index is 1.31. The minimum atomic E-state index is 0.203. The van der Waals surface area contributed by atoms with Gasteiger partial charge in [-0.3, -0.25) is 4.90 Å². The molecule has 1 unspecified atom stereocenters. The van der Waals surface area contributed by atoms with Crippen LogP contribution in [0.15, 0.2) is 85.3 Å². The largest absolute Gasteiger partial charge is 0.329 e. The lowest BCUT2D eigenvalue weighted by Crippen LogP contribution is -2.34. The van der Waals surface area contributed by atoms with E-state index in [0.717, 1.165) is 55.4 Å². The normalized spacial score (nSPS) is 15.8. The van der Waals surface area contributed by atoms with Gasteiger partial charge in [0.25, 0.3) is 0 Å². The predicted octanol–water partition coefficient (Wildman–Crippen LogP) is 5.35. The summed E-state index contributed by atoms with van der Waals surface area (Å²) >= 11 is 6.47. The SMILES string of the molecule is N#Cc1ccc(Cn2cncc2CNC2CN(Cc3ccccc3Cl)CCc3ccccc32)cc1. The zero-order valence-electron chi connectivity index (χ0n) is 19.6. The van der Waals surface area contributed by atoms with Crippen molar-refractivity contribution in [2.75, 3.05) is 13.1 Å². The quantitative estimate of drug-likeness (QED) is 0.387. The summed E-state index contributed by atoms with van der Waals surface area (Å²) in [5, 5.41) is 13.7. The Hall–Kier alpha value is -3.43. The molecule has 0 bridgehead atoms. The molecule has 4 aromatic rings. The minimum absolute atomic E-state index is 0.203. The highest BCUT2D eigenvalue weighted by molar-refractivity contribution is 6.31. The van der Waals surface area contributed by atoms with Crippen molar-refractivity contribution in [2.45, 2.75) is 32.1 Å². The second-order valence-corrected chi connectivity index (χ2v) is 9.44. The number of aromatic nitrogens is 2. The van der Waals surface area contributed by atoms with Crippen LogP contribution in [0.1, 0.15) is 39.6 Å². The average molecular weight is 482 g/mol. The van der Waals surface area contributed by atoms with Gasteiger partial charge in [0, 0.05) is 50.0 Å². The van der Waals surface area contributed by atoms with Gasteiger partial charge in [-0.2, -0.15) is 5.26 Å². The van der Waals surface area contributed by atoms with Gasteiger partial charge in [-0.25, -0.2) is 4.98 Å². The molecule has 2 heterocycles. The molecule has 0 amide bonds. The number of hydrogen-bond donors (Lipinski definition) is 1. The summed E-state index contributed by atoms with van der Waals surface area (Å²) in [5.74, 6) is 0. The molecule has 0 saturated carbocycles. The van der Waals surface area contributed by atoms with E-state index in [-0.39, 0.29) is 6.04 Å². The van der Waals surface area contributed by atoms with Crippen molar-refractivity contribution in [2.24, 2.45) is 0 Å². The van der Waals surface area contributed by atoms with Crippen LogP contribution in [0.3, 0.4) is 0 Å². The maximum Gasteiger partial charge on any atom is 0.0991 e. The number of fused-ring (bicyclic) bond motifs is 1. The number of nitrogens with one attached hydrogen (secondary N) is 1. The van der Waals surface area contributed by atoms with Crippen molar-refractivity contribution in [3.05, 3.63) is 124 Å². The third-order valence-corrected chi connectivity index (χ3v) is 7.05. The molecular weight excluding hydrogens is 454 g/mol. The first kappa shape index (κ1) is 23.3. The summed E-state index contributed by atoms with van der Waals surface area (Å²) < 4.78 is 2.17. The van der Waals surface area contributed by atoms with Gasteiger partial charge in [0.05, 0.1) is 23.7 Å². The molecule has 1 aromatic heterocycles. The van der Waals surface area contributed by atoms with Gasteiger partial charge in [-0.1, -0.05) is 66.2 Å². The van der Waals surface area contributed by atoms with Crippen LogP contribution >= 0.6 is 11.6 Å². The maximum atomic E-state index is 9.04. The van der Waals surface area contributed by atoms with Crippen molar-refractivity contribution in [1.82, 2.24) is 19.8 Å². The topological polar surface area (TPSA) is 56.9 Å².